The molecule has 0 radical (unpaired) electrons. The molecule has 3 fully saturated rings. The molecule has 1 saturated heterocycles. The summed E-state index contributed by atoms with van der Waals surface area (Å²) in [4.78, 5) is 24.5. The number of aliphatic carboxylic acids is 1. The summed E-state index contributed by atoms with van der Waals surface area (Å²) in [5, 5.41) is 15.0. The Balaban J connectivity index is 1.15. The maximum atomic E-state index is 13.5. The molecule has 7 nitrogen and oxygen atoms in total. The molecule has 3 aliphatic rings. The number of carboxylic acid groups (broad SMARTS) is 1. The number of hydrogen-bond acceptors (Lipinski definition) is 5. The lowest BCUT2D eigenvalue weighted by atomic mass is 9.47. The first-order chi connectivity index (χ1) is 18.8. The second-order valence-corrected chi connectivity index (χ2v) is 13.7. The Bertz CT molecular complexity index is 1450. The summed E-state index contributed by atoms with van der Waals surface area (Å²) < 4.78 is 14.2. The van der Waals surface area contributed by atoms with Crippen LogP contribution in [0.2, 0.25) is 5.02 Å². The molecule has 2 aliphatic carbocycles. The lowest BCUT2D eigenvalue weighted by Gasteiger charge is -2.58. The van der Waals surface area contributed by atoms with Crippen molar-refractivity contribution in [3.05, 3.63) is 58.7 Å². The minimum absolute atomic E-state index is 0.112. The number of Topliss-reactive ketones (excluding diaryl/α,β-unsaturated/α-hetero) is 1. The molecule has 0 atom stereocenters. The monoisotopic (exact) mass is 562 g/mol. The van der Waals surface area contributed by atoms with Crippen molar-refractivity contribution in [2.24, 2.45) is 17.3 Å². The van der Waals surface area contributed by atoms with E-state index in [0.717, 1.165) is 47.6 Å². The first-order valence-corrected chi connectivity index (χ1v) is 14.6. The first-order valence-electron chi connectivity index (χ1n) is 14.2. The van der Waals surface area contributed by atoms with Crippen LogP contribution in [0.25, 0.3) is 10.9 Å². The summed E-state index contributed by atoms with van der Waals surface area (Å²) in [5.41, 5.74) is 2.92. The van der Waals surface area contributed by atoms with Crippen molar-refractivity contribution in [2.75, 3.05) is 0 Å². The highest BCUT2D eigenvalue weighted by atomic mass is 35.5. The number of hydrogen-bond donors (Lipinski definition) is 1. The number of carbonyl (C=O) groups excluding carboxylic acids is 1. The van der Waals surface area contributed by atoms with E-state index < -0.39 is 24.3 Å². The minimum Gasteiger partial charge on any atom is -0.481 e. The molecule has 0 unspecified atom stereocenters. The lowest BCUT2D eigenvalue weighted by Crippen LogP contribution is -2.48. The zero-order valence-corrected chi connectivity index (χ0v) is 24.3. The van der Waals surface area contributed by atoms with Gasteiger partial charge in [-0.1, -0.05) is 35.9 Å². The molecule has 0 amide bonds. The normalized spacial score (nSPS) is 26.6. The Labute approximate surface area is 240 Å². The largest absolute Gasteiger partial charge is 0.494 e. The summed E-state index contributed by atoms with van der Waals surface area (Å²) in [6, 6.07) is 11.8. The van der Waals surface area contributed by atoms with Crippen LogP contribution in [0, 0.1) is 17.3 Å². The maximum absolute atomic E-state index is 13.5. The van der Waals surface area contributed by atoms with E-state index in [-0.39, 0.29) is 17.6 Å². The van der Waals surface area contributed by atoms with E-state index in [1.165, 1.54) is 0 Å². The molecule has 6 rings (SSSR count). The van der Waals surface area contributed by atoms with Crippen LogP contribution in [-0.2, 0) is 20.6 Å². The number of ketones is 1. The van der Waals surface area contributed by atoms with Crippen molar-refractivity contribution < 1.29 is 24.0 Å². The number of fused-ring (bicyclic) bond motifs is 1. The lowest BCUT2D eigenvalue weighted by molar-refractivity contribution is -0.142. The molecule has 9 heteroatoms. The molecule has 1 spiro atoms. The zero-order valence-electron chi connectivity index (χ0n) is 23.6. The fraction of sp³-hybridized carbons (Fsp3) is 0.516. The van der Waals surface area contributed by atoms with Crippen molar-refractivity contribution in [3.8, 4) is 0 Å². The van der Waals surface area contributed by atoms with Crippen molar-refractivity contribution in [1.82, 2.24) is 9.78 Å². The predicted molar refractivity (Wildman–Crippen MR) is 155 cm³/mol. The molecule has 3 aromatic rings. The highest BCUT2D eigenvalue weighted by Gasteiger charge is 2.53. The molecule has 0 bridgehead atoms. The van der Waals surface area contributed by atoms with Gasteiger partial charge in [0.05, 0.1) is 34.5 Å². The van der Waals surface area contributed by atoms with Crippen LogP contribution >= 0.6 is 11.6 Å². The van der Waals surface area contributed by atoms with E-state index in [1.54, 1.807) is 12.3 Å². The van der Waals surface area contributed by atoms with Gasteiger partial charge in [-0.05, 0) is 93.8 Å². The van der Waals surface area contributed by atoms with Gasteiger partial charge >= 0.3 is 13.1 Å². The van der Waals surface area contributed by atoms with Gasteiger partial charge in [-0.3, -0.25) is 14.3 Å². The van der Waals surface area contributed by atoms with Crippen LogP contribution in [-0.4, -0.2) is 45.0 Å². The molecule has 2 saturated carbocycles. The van der Waals surface area contributed by atoms with Gasteiger partial charge in [-0.25, -0.2) is 0 Å². The second kappa shape index (κ2) is 9.71. The van der Waals surface area contributed by atoms with Gasteiger partial charge in [0.25, 0.3) is 0 Å². The van der Waals surface area contributed by atoms with Crippen LogP contribution in [0.1, 0.15) is 82.1 Å². The van der Waals surface area contributed by atoms with Gasteiger partial charge in [0.1, 0.15) is 0 Å². The number of halogens is 1. The van der Waals surface area contributed by atoms with E-state index in [4.69, 9.17) is 26.0 Å². The molecule has 40 heavy (non-hydrogen) atoms. The Morgan fingerprint density at radius 3 is 2.17 bits per heavy atom. The van der Waals surface area contributed by atoms with Crippen molar-refractivity contribution in [1.29, 1.82) is 0 Å². The highest BCUT2D eigenvalue weighted by molar-refractivity contribution is 6.62. The third kappa shape index (κ3) is 4.88. The van der Waals surface area contributed by atoms with Gasteiger partial charge in [-0.15, -0.1) is 0 Å². The fourth-order valence-electron chi connectivity index (χ4n) is 7.02. The van der Waals surface area contributed by atoms with Crippen molar-refractivity contribution >= 4 is 46.8 Å². The number of benzene rings is 2. The molecule has 2 heterocycles. The standard InChI is InChI=1S/C31H36BClN2O5/c1-29(2)30(3,4)40-32(39-29)22-7-5-19(6-8-22)18-35-28-23(9-10-25(33)24(28)17-34-35)26(36)11-20-13-31(14-20)15-21(16-31)12-27(37)38/h5-10,17,20-21H,11-16,18H2,1-4H3,(H,37,38). The quantitative estimate of drug-likeness (QED) is 0.272. The molecular formula is C31H36BClN2O5. The van der Waals surface area contributed by atoms with Gasteiger partial charge in [0, 0.05) is 23.8 Å². The van der Waals surface area contributed by atoms with Crippen LogP contribution in [0.4, 0.5) is 0 Å². The Morgan fingerprint density at radius 2 is 1.57 bits per heavy atom. The molecular weight excluding hydrogens is 527 g/mol. The van der Waals surface area contributed by atoms with Crippen LogP contribution in [0.3, 0.4) is 0 Å². The number of aromatic nitrogens is 2. The van der Waals surface area contributed by atoms with Crippen LogP contribution < -0.4 is 5.46 Å². The number of carboxylic acids is 1. The van der Waals surface area contributed by atoms with Crippen molar-refractivity contribution in [2.45, 2.75) is 84.0 Å². The van der Waals surface area contributed by atoms with E-state index in [2.05, 4.69) is 5.10 Å². The summed E-state index contributed by atoms with van der Waals surface area (Å²) in [6.45, 7) is 8.68. The molecule has 2 aromatic carbocycles. The Morgan fingerprint density at radius 1 is 0.975 bits per heavy atom. The minimum atomic E-state index is -0.713. The molecule has 210 valence electrons. The van der Waals surface area contributed by atoms with Crippen molar-refractivity contribution in [3.63, 3.8) is 0 Å². The van der Waals surface area contributed by atoms with Crippen LogP contribution in [0.5, 0.6) is 0 Å². The fourth-order valence-corrected chi connectivity index (χ4v) is 7.22. The number of carbonyl (C=O) groups is 2. The zero-order chi connectivity index (χ0) is 28.4. The molecule has 1 N–H and O–H groups in total. The highest BCUT2D eigenvalue weighted by Crippen LogP contribution is 2.62. The van der Waals surface area contributed by atoms with E-state index in [0.29, 0.717) is 35.4 Å². The first kappa shape index (κ1) is 27.5. The van der Waals surface area contributed by atoms with Crippen LogP contribution in [0.15, 0.2) is 42.6 Å². The van der Waals surface area contributed by atoms with E-state index >= 15 is 0 Å². The SMILES string of the molecule is CC1(C)OB(c2ccc(Cn3ncc4c(Cl)ccc(C(=O)CC5CC6(CC(CC(=O)O)C6)C5)c43)cc2)OC1(C)C. The van der Waals surface area contributed by atoms with Gasteiger partial charge in [0.15, 0.2) is 5.78 Å². The second-order valence-electron chi connectivity index (χ2n) is 13.3. The van der Waals surface area contributed by atoms with E-state index in [1.807, 2.05) is 62.7 Å². The smallest absolute Gasteiger partial charge is 0.481 e. The average molecular weight is 563 g/mol. The summed E-state index contributed by atoms with van der Waals surface area (Å²) >= 11 is 6.51. The third-order valence-corrected chi connectivity index (χ3v) is 10.0. The maximum Gasteiger partial charge on any atom is 0.494 e. The van der Waals surface area contributed by atoms with Gasteiger partial charge < -0.3 is 14.4 Å². The predicted octanol–water partition coefficient (Wildman–Crippen LogP) is 5.89. The number of nitrogens with zero attached hydrogens (tertiary/aromatic N) is 2. The summed E-state index contributed by atoms with van der Waals surface area (Å²) in [7, 11) is -0.416. The topological polar surface area (TPSA) is 90.7 Å². The third-order valence-electron chi connectivity index (χ3n) is 9.71. The Hall–Kier alpha value is -2.68. The van der Waals surface area contributed by atoms with Gasteiger partial charge in [0.2, 0.25) is 0 Å². The number of rotatable bonds is 8. The summed E-state index contributed by atoms with van der Waals surface area (Å²) in [5.74, 6) is 0.0455. The molecule has 1 aliphatic heterocycles. The molecule has 1 aromatic heterocycles. The average Bonchev–Trinajstić information content (AvgIpc) is 3.34. The Kier molecular flexibility index (Phi) is 6.67. The summed E-state index contributed by atoms with van der Waals surface area (Å²) in [6.07, 6.45) is 6.49. The van der Waals surface area contributed by atoms with E-state index in [9.17, 15) is 9.59 Å². The van der Waals surface area contributed by atoms with Gasteiger partial charge in [-0.2, -0.15) is 5.10 Å².